The van der Waals surface area contributed by atoms with Crippen molar-refractivity contribution >= 4 is 40.6 Å². The van der Waals surface area contributed by atoms with Gasteiger partial charge in [0.2, 0.25) is 11.8 Å². The van der Waals surface area contributed by atoms with Crippen molar-refractivity contribution in [1.29, 1.82) is 0 Å². The quantitative estimate of drug-likeness (QED) is 0.293. The van der Waals surface area contributed by atoms with Gasteiger partial charge in [0.05, 0.1) is 22.8 Å². The second-order valence-corrected chi connectivity index (χ2v) is 8.52. The van der Waals surface area contributed by atoms with Crippen molar-refractivity contribution in [2.24, 2.45) is 7.05 Å². The second kappa shape index (κ2) is 10.3. The van der Waals surface area contributed by atoms with Gasteiger partial charge in [0.25, 0.3) is 5.69 Å². The smallest absolute Gasteiger partial charge is 0.271 e. The molecule has 10 nitrogen and oxygen atoms in total. The van der Waals surface area contributed by atoms with Gasteiger partial charge >= 0.3 is 0 Å². The fourth-order valence-electron chi connectivity index (χ4n) is 2.97. The number of nitro benzene ring substituents is 1. The van der Waals surface area contributed by atoms with Crippen LogP contribution in [0.1, 0.15) is 22.5 Å². The van der Waals surface area contributed by atoms with Gasteiger partial charge in [0.15, 0.2) is 5.16 Å². The van der Waals surface area contributed by atoms with Crippen molar-refractivity contribution < 1.29 is 14.5 Å². The molecule has 0 saturated carbocycles. The molecule has 0 aliphatic rings. The molecule has 2 amide bonds. The summed E-state index contributed by atoms with van der Waals surface area (Å²) in [7, 11) is 1.73. The number of carbonyl (C=O) groups is 2. The van der Waals surface area contributed by atoms with E-state index in [-0.39, 0.29) is 29.7 Å². The number of amides is 2. The maximum absolute atomic E-state index is 12.4. The minimum absolute atomic E-state index is 0.0307. The van der Waals surface area contributed by atoms with Gasteiger partial charge in [-0.3, -0.25) is 19.7 Å². The summed E-state index contributed by atoms with van der Waals surface area (Å²) in [4.78, 5) is 35.2. The van der Waals surface area contributed by atoms with Gasteiger partial charge in [-0.1, -0.05) is 23.9 Å². The number of nitro groups is 1. The van der Waals surface area contributed by atoms with Gasteiger partial charge < -0.3 is 15.2 Å². The van der Waals surface area contributed by atoms with E-state index < -0.39 is 4.92 Å². The van der Waals surface area contributed by atoms with Crippen molar-refractivity contribution in [1.82, 2.24) is 14.8 Å². The highest BCUT2D eigenvalue weighted by atomic mass is 32.2. The number of hydrogen-bond donors (Lipinski definition) is 2. The molecule has 0 spiro atoms. The summed E-state index contributed by atoms with van der Waals surface area (Å²) in [6.07, 6.45) is 0.0378. The Morgan fingerprint density at radius 1 is 1.00 bits per heavy atom. The Morgan fingerprint density at radius 3 is 2.42 bits per heavy atom. The molecule has 3 rings (SSSR count). The highest BCUT2D eigenvalue weighted by molar-refractivity contribution is 7.99. The topological polar surface area (TPSA) is 132 Å². The first-order valence-corrected chi connectivity index (χ1v) is 11.1. The average molecular weight is 469 g/mol. The molecule has 1 heterocycles. The van der Waals surface area contributed by atoms with E-state index in [1.807, 2.05) is 32.0 Å². The SMILES string of the molecule is Cc1ccc(NC(=O)Cc2nnc(SCC(=O)Nc3cc([N+](=O)[O-])ccc3C)n2C)cc1C. The third-order valence-electron chi connectivity index (χ3n) is 5.07. The van der Waals surface area contributed by atoms with E-state index in [0.717, 1.165) is 28.5 Å². The normalized spacial score (nSPS) is 10.7. The summed E-state index contributed by atoms with van der Waals surface area (Å²) < 4.78 is 1.66. The van der Waals surface area contributed by atoms with E-state index in [1.165, 1.54) is 12.1 Å². The lowest BCUT2D eigenvalue weighted by molar-refractivity contribution is -0.384. The Balaban J connectivity index is 1.57. The Hall–Kier alpha value is -3.73. The van der Waals surface area contributed by atoms with E-state index in [9.17, 15) is 19.7 Å². The van der Waals surface area contributed by atoms with Crippen LogP contribution in [-0.2, 0) is 23.1 Å². The molecule has 0 saturated heterocycles. The monoisotopic (exact) mass is 468 g/mol. The van der Waals surface area contributed by atoms with Gasteiger partial charge in [0.1, 0.15) is 5.82 Å². The summed E-state index contributed by atoms with van der Waals surface area (Å²) in [5, 5.41) is 25.1. The van der Waals surface area contributed by atoms with Gasteiger partial charge in [-0.05, 0) is 49.6 Å². The second-order valence-electron chi connectivity index (χ2n) is 7.57. The number of anilines is 2. The number of nitrogens with zero attached hydrogens (tertiary/aromatic N) is 4. The zero-order valence-electron chi connectivity index (χ0n) is 18.7. The van der Waals surface area contributed by atoms with E-state index in [4.69, 9.17) is 0 Å². The molecule has 0 aliphatic heterocycles. The van der Waals surface area contributed by atoms with Crippen molar-refractivity contribution in [3.63, 3.8) is 0 Å². The first-order valence-electron chi connectivity index (χ1n) is 10.1. The third-order valence-corrected chi connectivity index (χ3v) is 6.09. The van der Waals surface area contributed by atoms with Crippen LogP contribution < -0.4 is 10.6 Å². The molecule has 0 bridgehead atoms. The van der Waals surface area contributed by atoms with Gasteiger partial charge in [-0.2, -0.15) is 0 Å². The van der Waals surface area contributed by atoms with E-state index in [2.05, 4.69) is 20.8 Å². The number of thioether (sulfide) groups is 1. The number of nitrogens with one attached hydrogen (secondary N) is 2. The number of benzene rings is 2. The number of non-ortho nitro benzene ring substituents is 1. The largest absolute Gasteiger partial charge is 0.326 e. The van der Waals surface area contributed by atoms with Crippen LogP contribution in [0.3, 0.4) is 0 Å². The minimum Gasteiger partial charge on any atom is -0.326 e. The van der Waals surface area contributed by atoms with Gasteiger partial charge in [-0.25, -0.2) is 0 Å². The number of aromatic nitrogens is 3. The Morgan fingerprint density at radius 2 is 1.73 bits per heavy atom. The first-order chi connectivity index (χ1) is 15.6. The lowest BCUT2D eigenvalue weighted by Crippen LogP contribution is -2.17. The predicted molar refractivity (Wildman–Crippen MR) is 126 cm³/mol. The predicted octanol–water partition coefficient (Wildman–Crippen LogP) is 3.56. The molecule has 33 heavy (non-hydrogen) atoms. The summed E-state index contributed by atoms with van der Waals surface area (Å²) >= 11 is 1.16. The van der Waals surface area contributed by atoms with Crippen molar-refractivity contribution in [2.75, 3.05) is 16.4 Å². The van der Waals surface area contributed by atoms with Crippen LogP contribution >= 0.6 is 11.8 Å². The number of carbonyl (C=O) groups excluding carboxylic acids is 2. The Bertz CT molecular complexity index is 1220. The molecule has 0 fully saturated rings. The zero-order chi connectivity index (χ0) is 24.1. The van der Waals surface area contributed by atoms with Crippen LogP contribution in [0.15, 0.2) is 41.6 Å². The zero-order valence-corrected chi connectivity index (χ0v) is 19.5. The Kier molecular flexibility index (Phi) is 7.44. The standard InChI is InChI=1S/C22H24N6O4S/c1-13-5-7-16(9-15(13)3)23-20(29)11-19-25-26-22(27(19)4)33-12-21(30)24-18-10-17(28(31)32)8-6-14(18)2/h5-10H,11-12H2,1-4H3,(H,23,29)(H,24,30). The minimum atomic E-state index is -0.513. The molecule has 0 unspecified atom stereocenters. The molecular weight excluding hydrogens is 444 g/mol. The summed E-state index contributed by atoms with van der Waals surface area (Å²) in [5.41, 5.74) is 3.95. The first kappa shape index (κ1) is 23.9. The molecule has 0 radical (unpaired) electrons. The fraction of sp³-hybridized carbons (Fsp3) is 0.273. The molecule has 172 valence electrons. The molecule has 0 aliphatic carbocycles. The highest BCUT2D eigenvalue weighted by Gasteiger charge is 2.16. The van der Waals surface area contributed by atoms with Crippen LogP contribution in [0.5, 0.6) is 0 Å². The van der Waals surface area contributed by atoms with Crippen molar-refractivity contribution in [3.05, 3.63) is 69.0 Å². The molecule has 11 heteroatoms. The van der Waals surface area contributed by atoms with Crippen LogP contribution in [0.25, 0.3) is 0 Å². The van der Waals surface area contributed by atoms with Crippen LogP contribution in [0, 0.1) is 30.9 Å². The van der Waals surface area contributed by atoms with Crippen LogP contribution in [-0.4, -0.2) is 37.3 Å². The lowest BCUT2D eigenvalue weighted by Gasteiger charge is -2.09. The number of rotatable bonds is 8. The van der Waals surface area contributed by atoms with Gasteiger partial charge in [0, 0.05) is 24.9 Å². The lowest BCUT2D eigenvalue weighted by atomic mass is 10.1. The average Bonchev–Trinajstić information content (AvgIpc) is 3.10. The summed E-state index contributed by atoms with van der Waals surface area (Å²) in [5.74, 6) is -0.0539. The molecule has 2 N–H and O–H groups in total. The van der Waals surface area contributed by atoms with Crippen LogP contribution in [0.4, 0.5) is 17.1 Å². The number of aryl methyl sites for hydroxylation is 3. The van der Waals surface area contributed by atoms with E-state index in [1.54, 1.807) is 24.6 Å². The van der Waals surface area contributed by atoms with Gasteiger partial charge in [-0.15, -0.1) is 10.2 Å². The molecule has 1 aromatic heterocycles. The summed E-state index contributed by atoms with van der Waals surface area (Å²) in [6, 6.07) is 10.00. The maximum atomic E-state index is 12.4. The Labute approximate surface area is 194 Å². The third kappa shape index (κ3) is 6.16. The van der Waals surface area contributed by atoms with E-state index in [0.29, 0.717) is 22.4 Å². The van der Waals surface area contributed by atoms with E-state index >= 15 is 0 Å². The van der Waals surface area contributed by atoms with Crippen molar-refractivity contribution in [2.45, 2.75) is 32.3 Å². The van der Waals surface area contributed by atoms with Crippen molar-refractivity contribution in [3.8, 4) is 0 Å². The molecule has 2 aromatic carbocycles. The maximum Gasteiger partial charge on any atom is 0.271 e. The molecule has 3 aromatic rings. The van der Waals surface area contributed by atoms with Crippen LogP contribution in [0.2, 0.25) is 0 Å². The summed E-state index contributed by atoms with van der Waals surface area (Å²) in [6.45, 7) is 5.74. The fourth-order valence-corrected chi connectivity index (χ4v) is 3.70. The molecular formula is C22H24N6O4S. The molecule has 0 atom stereocenters. The number of hydrogen-bond acceptors (Lipinski definition) is 7. The highest BCUT2D eigenvalue weighted by Crippen LogP contribution is 2.23.